The maximum absolute atomic E-state index is 12.4. The Morgan fingerprint density at radius 1 is 1.22 bits per heavy atom. The molecule has 6 heteroatoms. The Labute approximate surface area is 162 Å². The molecule has 1 saturated heterocycles. The van der Waals surface area contributed by atoms with Gasteiger partial charge in [0.05, 0.1) is 5.69 Å². The number of benzene rings is 1. The Morgan fingerprint density at radius 3 is 2.85 bits per heavy atom. The molecule has 0 N–H and O–H groups in total. The first kappa shape index (κ1) is 16.8. The maximum atomic E-state index is 12.4. The first-order chi connectivity index (χ1) is 13.2. The van der Waals surface area contributed by atoms with Crippen molar-refractivity contribution in [3.8, 4) is 0 Å². The molecule has 5 rings (SSSR count). The van der Waals surface area contributed by atoms with Crippen molar-refractivity contribution in [3.63, 3.8) is 0 Å². The van der Waals surface area contributed by atoms with Crippen molar-refractivity contribution < 1.29 is 0 Å². The molecule has 0 unspecified atom stereocenters. The van der Waals surface area contributed by atoms with Crippen LogP contribution in [0.2, 0.25) is 0 Å². The molecule has 0 saturated carbocycles. The number of hydrogen-bond acceptors (Lipinski definition) is 5. The minimum absolute atomic E-state index is 0.0768. The van der Waals surface area contributed by atoms with Crippen LogP contribution in [-0.2, 0) is 18.4 Å². The van der Waals surface area contributed by atoms with Crippen LogP contribution >= 0.6 is 11.3 Å². The van der Waals surface area contributed by atoms with Crippen LogP contribution in [0.1, 0.15) is 41.6 Å². The fourth-order valence-electron chi connectivity index (χ4n) is 4.33. The number of piperidine rings is 1. The van der Waals surface area contributed by atoms with Gasteiger partial charge in [-0.3, -0.25) is 9.69 Å². The highest BCUT2D eigenvalue weighted by molar-refractivity contribution is 7.16. The molecule has 2 aliphatic rings. The largest absolute Gasteiger partial charge is 0.297 e. The Morgan fingerprint density at radius 2 is 2.04 bits per heavy atom. The molecule has 1 aliphatic carbocycles. The second-order valence-corrected chi connectivity index (χ2v) is 8.52. The van der Waals surface area contributed by atoms with Gasteiger partial charge in [0.15, 0.2) is 0 Å². The van der Waals surface area contributed by atoms with E-state index in [-0.39, 0.29) is 11.0 Å². The third-order valence-corrected chi connectivity index (χ3v) is 6.91. The Bertz CT molecular complexity index is 1090. The topological polar surface area (TPSA) is 50.5 Å². The molecule has 3 aromatic rings. The van der Waals surface area contributed by atoms with Crippen LogP contribution < -0.4 is 5.56 Å². The second-order valence-electron chi connectivity index (χ2n) is 7.48. The number of hydrogen-bond donors (Lipinski definition) is 0. The second kappa shape index (κ2) is 6.39. The summed E-state index contributed by atoms with van der Waals surface area (Å²) in [5, 5.41) is 5.27. The van der Waals surface area contributed by atoms with E-state index in [1.165, 1.54) is 27.0 Å². The molecule has 1 spiro atoms. The molecule has 5 nitrogen and oxygen atoms in total. The minimum Gasteiger partial charge on any atom is -0.297 e. The highest BCUT2D eigenvalue weighted by Crippen LogP contribution is 2.43. The average Bonchev–Trinajstić information content (AvgIpc) is 3.27. The molecule has 1 aliphatic heterocycles. The minimum atomic E-state index is -0.0768. The average molecular weight is 379 g/mol. The standard InChI is InChI=1S/C21H22N4OS/c1-2-18-23-25-19(26)13-16(22-20(25)27-18)14-24-11-9-21(10-12-24)8-7-15-5-3-4-6-17(15)21/h3-8,13H,2,9-12,14H2,1H3. The van der Waals surface area contributed by atoms with Crippen LogP contribution in [0.3, 0.4) is 0 Å². The van der Waals surface area contributed by atoms with Crippen molar-refractivity contribution >= 4 is 22.4 Å². The molecule has 138 valence electrons. The lowest BCUT2D eigenvalue weighted by Crippen LogP contribution is -2.40. The summed E-state index contributed by atoms with van der Waals surface area (Å²) in [6.45, 7) is 4.81. The van der Waals surface area contributed by atoms with Gasteiger partial charge in [-0.2, -0.15) is 9.61 Å². The molecule has 3 heterocycles. The number of fused-ring (bicyclic) bond motifs is 3. The molecule has 0 bridgehead atoms. The summed E-state index contributed by atoms with van der Waals surface area (Å²) in [6.07, 6.45) is 7.72. The van der Waals surface area contributed by atoms with Gasteiger partial charge in [-0.1, -0.05) is 54.7 Å². The summed E-state index contributed by atoms with van der Waals surface area (Å²) in [6, 6.07) is 10.4. The van der Waals surface area contributed by atoms with Crippen LogP contribution in [0, 0.1) is 0 Å². The normalized spacial score (nSPS) is 18.4. The molecular formula is C21H22N4OS. The molecular weight excluding hydrogens is 356 g/mol. The van der Waals surface area contributed by atoms with Crippen LogP contribution in [0.15, 0.2) is 41.2 Å². The van der Waals surface area contributed by atoms with Crippen molar-refractivity contribution in [2.45, 2.75) is 38.1 Å². The Hall–Kier alpha value is -2.31. The van der Waals surface area contributed by atoms with Crippen molar-refractivity contribution in [1.29, 1.82) is 0 Å². The SMILES string of the molecule is CCc1nn2c(=O)cc(CN3CCC4(C=Cc5ccccc54)CC3)nc2s1. The van der Waals surface area contributed by atoms with E-state index in [0.29, 0.717) is 4.96 Å². The van der Waals surface area contributed by atoms with Gasteiger partial charge in [0.1, 0.15) is 5.01 Å². The smallest absolute Gasteiger partial charge is 0.275 e. The van der Waals surface area contributed by atoms with Gasteiger partial charge in [-0.25, -0.2) is 4.98 Å². The summed E-state index contributed by atoms with van der Waals surface area (Å²) in [5.41, 5.74) is 3.80. The lowest BCUT2D eigenvalue weighted by Gasteiger charge is -2.39. The first-order valence-corrected chi connectivity index (χ1v) is 10.4. The lowest BCUT2D eigenvalue weighted by atomic mass is 9.74. The number of likely N-dealkylation sites (tertiary alicyclic amines) is 1. The van der Waals surface area contributed by atoms with E-state index in [0.717, 1.165) is 49.6 Å². The van der Waals surface area contributed by atoms with Crippen LogP contribution in [0.5, 0.6) is 0 Å². The van der Waals surface area contributed by atoms with E-state index in [9.17, 15) is 4.79 Å². The van der Waals surface area contributed by atoms with Crippen molar-refractivity contribution in [1.82, 2.24) is 19.5 Å². The molecule has 1 aromatic carbocycles. The van der Waals surface area contributed by atoms with E-state index in [2.05, 4.69) is 51.4 Å². The van der Waals surface area contributed by atoms with Gasteiger partial charge >= 0.3 is 0 Å². The van der Waals surface area contributed by atoms with E-state index >= 15 is 0 Å². The zero-order valence-corrected chi connectivity index (χ0v) is 16.2. The summed E-state index contributed by atoms with van der Waals surface area (Å²) in [7, 11) is 0. The van der Waals surface area contributed by atoms with Gasteiger partial charge in [0.25, 0.3) is 5.56 Å². The number of aryl methyl sites for hydroxylation is 1. The predicted octanol–water partition coefficient (Wildman–Crippen LogP) is 3.27. The van der Waals surface area contributed by atoms with E-state index in [1.807, 2.05) is 6.92 Å². The number of nitrogens with zero attached hydrogens (tertiary/aromatic N) is 4. The van der Waals surface area contributed by atoms with E-state index in [4.69, 9.17) is 0 Å². The maximum Gasteiger partial charge on any atom is 0.275 e. The summed E-state index contributed by atoms with van der Waals surface area (Å²) in [5.74, 6) is 0. The zero-order chi connectivity index (χ0) is 18.4. The van der Waals surface area contributed by atoms with Crippen molar-refractivity contribution in [3.05, 3.63) is 68.6 Å². The Balaban J connectivity index is 1.33. The molecule has 27 heavy (non-hydrogen) atoms. The van der Waals surface area contributed by atoms with Crippen LogP contribution in [-0.4, -0.2) is 32.6 Å². The van der Waals surface area contributed by atoms with Gasteiger partial charge in [-0.05, 0) is 43.5 Å². The Kier molecular flexibility index (Phi) is 3.98. The quantitative estimate of drug-likeness (QED) is 0.702. The first-order valence-electron chi connectivity index (χ1n) is 9.57. The third-order valence-electron chi connectivity index (χ3n) is 5.86. The fraction of sp³-hybridized carbons (Fsp3) is 0.381. The molecule has 0 atom stereocenters. The number of rotatable bonds is 3. The van der Waals surface area contributed by atoms with Gasteiger partial charge in [0.2, 0.25) is 4.96 Å². The van der Waals surface area contributed by atoms with Gasteiger partial charge < -0.3 is 0 Å². The van der Waals surface area contributed by atoms with Crippen molar-refractivity contribution in [2.75, 3.05) is 13.1 Å². The predicted molar refractivity (Wildman–Crippen MR) is 108 cm³/mol. The van der Waals surface area contributed by atoms with Crippen LogP contribution in [0.25, 0.3) is 11.0 Å². The zero-order valence-electron chi connectivity index (χ0n) is 15.4. The highest BCUT2D eigenvalue weighted by atomic mass is 32.1. The van der Waals surface area contributed by atoms with E-state index < -0.39 is 0 Å². The molecule has 1 fully saturated rings. The molecule has 0 radical (unpaired) electrons. The summed E-state index contributed by atoms with van der Waals surface area (Å²) < 4.78 is 1.43. The fourth-order valence-corrected chi connectivity index (χ4v) is 5.19. The monoisotopic (exact) mass is 378 g/mol. The van der Waals surface area contributed by atoms with Crippen LogP contribution in [0.4, 0.5) is 0 Å². The lowest BCUT2D eigenvalue weighted by molar-refractivity contribution is 0.175. The van der Waals surface area contributed by atoms with Gasteiger partial charge in [0, 0.05) is 18.0 Å². The summed E-state index contributed by atoms with van der Waals surface area (Å²) in [4.78, 5) is 20.2. The number of allylic oxidation sites excluding steroid dienone is 1. The van der Waals surface area contributed by atoms with Gasteiger partial charge in [-0.15, -0.1) is 0 Å². The van der Waals surface area contributed by atoms with Crippen molar-refractivity contribution in [2.24, 2.45) is 0 Å². The van der Waals surface area contributed by atoms with E-state index in [1.54, 1.807) is 6.07 Å². The third kappa shape index (κ3) is 2.84. The molecule has 2 aromatic heterocycles. The number of aromatic nitrogens is 3. The summed E-state index contributed by atoms with van der Waals surface area (Å²) >= 11 is 1.51. The molecule has 0 amide bonds. The highest BCUT2D eigenvalue weighted by Gasteiger charge is 2.37.